The van der Waals surface area contributed by atoms with E-state index in [2.05, 4.69) is 23.5 Å². The third-order valence-electron chi connectivity index (χ3n) is 2.25. The van der Waals surface area contributed by atoms with Crippen molar-refractivity contribution in [2.45, 2.75) is 25.8 Å². The lowest BCUT2D eigenvalue weighted by Gasteiger charge is -2.27. The molecular formula is C10H16N2O. The van der Waals surface area contributed by atoms with E-state index >= 15 is 0 Å². The number of hydrogen-bond acceptors (Lipinski definition) is 2. The fraction of sp³-hybridized carbons (Fsp3) is 0.700. The second kappa shape index (κ2) is 4.88. The largest absolute Gasteiger partial charge is 0.342 e. The first-order valence-electron chi connectivity index (χ1n) is 4.75. The van der Waals surface area contributed by atoms with Gasteiger partial charge in [-0.2, -0.15) is 0 Å². The second-order valence-corrected chi connectivity index (χ2v) is 3.37. The maximum Gasteiger partial charge on any atom is 0.226 e. The van der Waals surface area contributed by atoms with Crippen LogP contribution in [0.3, 0.4) is 0 Å². The van der Waals surface area contributed by atoms with Gasteiger partial charge >= 0.3 is 0 Å². The van der Waals surface area contributed by atoms with E-state index in [9.17, 15) is 4.79 Å². The molecule has 1 aliphatic heterocycles. The molecule has 1 unspecified atom stereocenters. The molecule has 3 heteroatoms. The van der Waals surface area contributed by atoms with Crippen LogP contribution in [0.25, 0.3) is 0 Å². The zero-order valence-corrected chi connectivity index (χ0v) is 7.97. The topological polar surface area (TPSA) is 41.1 Å². The number of carbonyl (C=O) groups is 1. The first-order valence-corrected chi connectivity index (χ1v) is 4.75. The minimum Gasteiger partial charge on any atom is -0.342 e. The van der Waals surface area contributed by atoms with E-state index in [-0.39, 0.29) is 17.9 Å². The van der Waals surface area contributed by atoms with Crippen molar-refractivity contribution in [3.63, 3.8) is 0 Å². The van der Waals surface area contributed by atoms with Crippen LogP contribution in [0.4, 0.5) is 0 Å². The Hall–Kier alpha value is -1.01. The molecule has 0 radical (unpaired) electrons. The van der Waals surface area contributed by atoms with Crippen LogP contribution in [-0.2, 0) is 4.79 Å². The summed E-state index contributed by atoms with van der Waals surface area (Å²) in [5, 5.41) is 5.91. The minimum absolute atomic E-state index is 0.0851. The molecule has 1 amide bonds. The average Bonchev–Trinajstić information content (AvgIpc) is 2.00. The Kier molecular flexibility index (Phi) is 3.78. The third kappa shape index (κ3) is 2.74. The molecule has 1 saturated heterocycles. The number of terminal acetylenes is 1. The lowest BCUT2D eigenvalue weighted by molar-refractivity contribution is -0.126. The highest BCUT2D eigenvalue weighted by Gasteiger charge is 2.25. The Labute approximate surface area is 79.3 Å². The molecule has 0 saturated carbocycles. The van der Waals surface area contributed by atoms with Crippen molar-refractivity contribution in [1.82, 2.24) is 10.6 Å². The minimum atomic E-state index is -0.0851. The predicted molar refractivity (Wildman–Crippen MR) is 52.0 cm³/mol. The van der Waals surface area contributed by atoms with Gasteiger partial charge in [0.2, 0.25) is 5.91 Å². The van der Waals surface area contributed by atoms with Crippen LogP contribution in [-0.4, -0.2) is 25.0 Å². The van der Waals surface area contributed by atoms with Crippen LogP contribution in [0.5, 0.6) is 0 Å². The van der Waals surface area contributed by atoms with Crippen molar-refractivity contribution in [2.75, 3.05) is 13.1 Å². The summed E-state index contributed by atoms with van der Waals surface area (Å²) in [6.07, 6.45) is 7.15. The zero-order valence-electron chi connectivity index (χ0n) is 7.97. The molecule has 13 heavy (non-hydrogen) atoms. The van der Waals surface area contributed by atoms with Gasteiger partial charge in [-0.05, 0) is 6.42 Å². The van der Waals surface area contributed by atoms with Gasteiger partial charge in [0.25, 0.3) is 0 Å². The summed E-state index contributed by atoms with van der Waals surface area (Å²) in [5.41, 5.74) is 0. The van der Waals surface area contributed by atoms with E-state index < -0.39 is 0 Å². The molecule has 0 bridgehead atoms. The molecular weight excluding hydrogens is 164 g/mol. The Balaban J connectivity index is 2.28. The first-order chi connectivity index (χ1) is 6.27. The number of amides is 1. The molecule has 2 N–H and O–H groups in total. The lowest BCUT2D eigenvalue weighted by atomic mass is 10.0. The van der Waals surface area contributed by atoms with Crippen LogP contribution in [0.2, 0.25) is 0 Å². The van der Waals surface area contributed by atoms with E-state index in [0.29, 0.717) is 0 Å². The number of nitrogens with one attached hydrogen (secondary N) is 2. The van der Waals surface area contributed by atoms with Gasteiger partial charge in [-0.15, -0.1) is 6.42 Å². The molecule has 0 spiro atoms. The first kappa shape index (κ1) is 10.1. The molecule has 0 aliphatic carbocycles. The molecule has 1 rings (SSSR count). The number of hydrogen-bond donors (Lipinski definition) is 2. The fourth-order valence-corrected chi connectivity index (χ4v) is 1.25. The van der Waals surface area contributed by atoms with Crippen molar-refractivity contribution in [2.24, 2.45) is 5.92 Å². The van der Waals surface area contributed by atoms with Crippen LogP contribution >= 0.6 is 0 Å². The Morgan fingerprint density at radius 3 is 2.85 bits per heavy atom. The SMILES string of the molecule is C#CC(CCC)NC(=O)C1CNC1. The van der Waals surface area contributed by atoms with Crippen LogP contribution in [0.15, 0.2) is 0 Å². The van der Waals surface area contributed by atoms with Gasteiger partial charge in [-0.3, -0.25) is 4.79 Å². The molecule has 1 aliphatic rings. The third-order valence-corrected chi connectivity index (χ3v) is 2.25. The van der Waals surface area contributed by atoms with Crippen molar-refractivity contribution < 1.29 is 4.79 Å². The molecule has 1 heterocycles. The Morgan fingerprint density at radius 1 is 1.77 bits per heavy atom. The quantitative estimate of drug-likeness (QED) is 0.603. The maximum absolute atomic E-state index is 11.4. The van der Waals surface area contributed by atoms with Crippen molar-refractivity contribution in [3.05, 3.63) is 0 Å². The van der Waals surface area contributed by atoms with Crippen molar-refractivity contribution in [3.8, 4) is 12.3 Å². The van der Waals surface area contributed by atoms with Gasteiger partial charge in [0.15, 0.2) is 0 Å². The van der Waals surface area contributed by atoms with Crippen LogP contribution in [0.1, 0.15) is 19.8 Å². The Morgan fingerprint density at radius 2 is 2.46 bits per heavy atom. The predicted octanol–water partition coefficient (Wildman–Crippen LogP) is 0.124. The van der Waals surface area contributed by atoms with Crippen molar-refractivity contribution in [1.29, 1.82) is 0 Å². The van der Waals surface area contributed by atoms with Gasteiger partial charge in [-0.1, -0.05) is 19.3 Å². The zero-order chi connectivity index (χ0) is 9.68. The summed E-state index contributed by atoms with van der Waals surface area (Å²) in [4.78, 5) is 11.4. The number of carbonyl (C=O) groups excluding carboxylic acids is 1. The maximum atomic E-state index is 11.4. The monoisotopic (exact) mass is 180 g/mol. The van der Waals surface area contributed by atoms with Gasteiger partial charge in [0.05, 0.1) is 12.0 Å². The van der Waals surface area contributed by atoms with E-state index in [0.717, 1.165) is 25.9 Å². The second-order valence-electron chi connectivity index (χ2n) is 3.37. The Bertz CT molecular complexity index is 215. The summed E-state index contributed by atoms with van der Waals surface area (Å²) in [7, 11) is 0. The standard InChI is InChI=1S/C10H16N2O/c1-3-5-9(4-2)12-10(13)8-6-11-7-8/h2,8-9,11H,3,5-7H2,1H3,(H,12,13). The van der Waals surface area contributed by atoms with Crippen molar-refractivity contribution >= 4 is 5.91 Å². The highest BCUT2D eigenvalue weighted by molar-refractivity contribution is 5.80. The molecule has 0 aromatic carbocycles. The van der Waals surface area contributed by atoms with Gasteiger partial charge in [0.1, 0.15) is 0 Å². The van der Waals surface area contributed by atoms with Gasteiger partial charge < -0.3 is 10.6 Å². The lowest BCUT2D eigenvalue weighted by Crippen LogP contribution is -2.52. The highest BCUT2D eigenvalue weighted by Crippen LogP contribution is 2.04. The molecule has 0 aromatic heterocycles. The van der Waals surface area contributed by atoms with E-state index in [1.807, 2.05) is 0 Å². The molecule has 3 nitrogen and oxygen atoms in total. The van der Waals surface area contributed by atoms with Crippen LogP contribution < -0.4 is 10.6 Å². The van der Waals surface area contributed by atoms with E-state index in [1.165, 1.54) is 0 Å². The molecule has 0 aromatic rings. The van der Waals surface area contributed by atoms with E-state index in [1.54, 1.807) is 0 Å². The summed E-state index contributed by atoms with van der Waals surface area (Å²) in [6.45, 7) is 3.63. The van der Waals surface area contributed by atoms with E-state index in [4.69, 9.17) is 6.42 Å². The summed E-state index contributed by atoms with van der Waals surface area (Å²) in [5.74, 6) is 2.81. The summed E-state index contributed by atoms with van der Waals surface area (Å²) < 4.78 is 0. The average molecular weight is 180 g/mol. The van der Waals surface area contributed by atoms with Gasteiger partial charge in [-0.25, -0.2) is 0 Å². The van der Waals surface area contributed by atoms with Gasteiger partial charge in [0, 0.05) is 13.1 Å². The molecule has 1 atom stereocenters. The smallest absolute Gasteiger partial charge is 0.226 e. The molecule has 72 valence electrons. The summed E-state index contributed by atoms with van der Waals surface area (Å²) in [6, 6.07) is -0.0851. The fourth-order valence-electron chi connectivity index (χ4n) is 1.25. The normalized spacial score (nSPS) is 18.5. The highest BCUT2D eigenvalue weighted by atomic mass is 16.2. The summed E-state index contributed by atoms with van der Waals surface area (Å²) >= 11 is 0. The number of rotatable bonds is 4. The van der Waals surface area contributed by atoms with Crippen LogP contribution in [0, 0.1) is 18.3 Å². The molecule has 1 fully saturated rings.